The summed E-state index contributed by atoms with van der Waals surface area (Å²) in [6, 6.07) is 8.72. The molecule has 0 radical (unpaired) electrons. The normalized spacial score (nSPS) is 14.3. The molecule has 0 bridgehead atoms. The molecular weight excluding hydrogens is 322 g/mol. The van der Waals surface area contributed by atoms with E-state index in [-0.39, 0.29) is 11.7 Å². The van der Waals surface area contributed by atoms with E-state index in [0.29, 0.717) is 28.8 Å². The number of fused-ring (bicyclic) bond motifs is 1. The monoisotopic (exact) mass is 333 g/mol. The van der Waals surface area contributed by atoms with E-state index < -0.39 is 0 Å². The van der Waals surface area contributed by atoms with Crippen LogP contribution in [0, 0.1) is 0 Å². The summed E-state index contributed by atoms with van der Waals surface area (Å²) in [5.41, 5.74) is 2.47. The van der Waals surface area contributed by atoms with Crippen LogP contribution in [-0.4, -0.2) is 18.7 Å². The van der Waals surface area contributed by atoms with Gasteiger partial charge in [0.15, 0.2) is 10.4 Å². The molecule has 4 nitrogen and oxygen atoms in total. The van der Waals surface area contributed by atoms with Crippen LogP contribution in [0.15, 0.2) is 39.4 Å². The molecule has 1 amide bonds. The number of furan rings is 1. The highest BCUT2D eigenvalue weighted by Crippen LogP contribution is 2.28. The Kier molecular flexibility index (Phi) is 3.22. The van der Waals surface area contributed by atoms with Crippen LogP contribution in [0.25, 0.3) is 0 Å². The predicted octanol–water partition coefficient (Wildman–Crippen LogP) is 3.18. The van der Waals surface area contributed by atoms with Gasteiger partial charge in [-0.2, -0.15) is 0 Å². The van der Waals surface area contributed by atoms with Gasteiger partial charge in [0, 0.05) is 24.7 Å². The third-order valence-electron chi connectivity index (χ3n) is 3.48. The summed E-state index contributed by atoms with van der Waals surface area (Å²) >= 11 is 3.18. The van der Waals surface area contributed by atoms with Crippen molar-refractivity contribution in [1.29, 1.82) is 0 Å². The van der Waals surface area contributed by atoms with Crippen molar-refractivity contribution in [1.82, 2.24) is 0 Å². The molecule has 1 aliphatic rings. The number of anilines is 1. The third-order valence-corrected chi connectivity index (χ3v) is 3.91. The zero-order valence-corrected chi connectivity index (χ0v) is 12.4. The minimum absolute atomic E-state index is 0.103. The van der Waals surface area contributed by atoms with Gasteiger partial charge in [-0.3, -0.25) is 9.59 Å². The van der Waals surface area contributed by atoms with Gasteiger partial charge in [0.05, 0.1) is 0 Å². The van der Waals surface area contributed by atoms with E-state index >= 15 is 0 Å². The highest BCUT2D eigenvalue weighted by molar-refractivity contribution is 9.10. The van der Waals surface area contributed by atoms with Crippen molar-refractivity contribution in [2.24, 2.45) is 0 Å². The van der Waals surface area contributed by atoms with E-state index in [0.717, 1.165) is 11.3 Å². The van der Waals surface area contributed by atoms with Gasteiger partial charge < -0.3 is 9.32 Å². The fourth-order valence-electron chi connectivity index (χ4n) is 2.38. The topological polar surface area (TPSA) is 50.5 Å². The second kappa shape index (κ2) is 4.90. The molecule has 0 fully saturated rings. The van der Waals surface area contributed by atoms with E-state index in [1.54, 1.807) is 30.1 Å². The zero-order valence-electron chi connectivity index (χ0n) is 10.9. The Bertz CT molecular complexity index is 705. The van der Waals surface area contributed by atoms with Crippen molar-refractivity contribution in [3.05, 3.63) is 51.9 Å². The van der Waals surface area contributed by atoms with Gasteiger partial charge in [-0.15, -0.1) is 0 Å². The summed E-state index contributed by atoms with van der Waals surface area (Å²) < 4.78 is 5.82. The number of amides is 1. The molecule has 2 aromatic rings. The molecule has 0 saturated carbocycles. The largest absolute Gasteiger partial charge is 0.446 e. The quantitative estimate of drug-likeness (QED) is 0.793. The summed E-state index contributed by atoms with van der Waals surface area (Å²) in [7, 11) is 1.76. The van der Waals surface area contributed by atoms with Gasteiger partial charge in [-0.1, -0.05) is 0 Å². The smallest absolute Gasteiger partial charge is 0.228 e. The fraction of sp³-hybridized carbons (Fsp3) is 0.200. The van der Waals surface area contributed by atoms with Crippen LogP contribution in [0.4, 0.5) is 5.69 Å². The number of rotatable bonds is 2. The number of hydrogen-bond acceptors (Lipinski definition) is 3. The Balaban J connectivity index is 1.97. The SMILES string of the molecule is CN1C(=O)CCc2cc(C(=O)c3ccc(Br)o3)ccc21. The molecule has 0 aliphatic carbocycles. The zero-order chi connectivity index (χ0) is 14.3. The predicted molar refractivity (Wildman–Crippen MR) is 78.0 cm³/mol. The minimum Gasteiger partial charge on any atom is -0.446 e. The molecule has 0 spiro atoms. The summed E-state index contributed by atoms with van der Waals surface area (Å²) in [5.74, 6) is 0.252. The summed E-state index contributed by atoms with van der Waals surface area (Å²) in [6.07, 6.45) is 1.15. The molecule has 1 aliphatic heterocycles. The minimum atomic E-state index is -0.155. The number of aryl methyl sites for hydroxylation is 1. The van der Waals surface area contributed by atoms with Crippen molar-refractivity contribution >= 4 is 33.3 Å². The van der Waals surface area contributed by atoms with Gasteiger partial charge in [-0.25, -0.2) is 0 Å². The van der Waals surface area contributed by atoms with E-state index in [9.17, 15) is 9.59 Å². The number of hydrogen-bond donors (Lipinski definition) is 0. The van der Waals surface area contributed by atoms with Crippen LogP contribution < -0.4 is 4.90 Å². The third kappa shape index (κ3) is 2.18. The summed E-state index contributed by atoms with van der Waals surface area (Å²) in [4.78, 5) is 25.6. The van der Waals surface area contributed by atoms with Gasteiger partial charge in [0.25, 0.3) is 0 Å². The molecule has 102 valence electrons. The Morgan fingerprint density at radius 3 is 2.75 bits per heavy atom. The Morgan fingerprint density at radius 1 is 1.25 bits per heavy atom. The van der Waals surface area contributed by atoms with Crippen molar-refractivity contribution in [3.8, 4) is 0 Å². The number of carbonyl (C=O) groups is 2. The van der Waals surface area contributed by atoms with E-state index in [1.807, 2.05) is 12.1 Å². The lowest BCUT2D eigenvalue weighted by molar-refractivity contribution is -0.118. The summed E-state index contributed by atoms with van der Waals surface area (Å²) in [6.45, 7) is 0. The van der Waals surface area contributed by atoms with E-state index in [2.05, 4.69) is 15.9 Å². The van der Waals surface area contributed by atoms with Crippen molar-refractivity contribution in [3.63, 3.8) is 0 Å². The number of ketones is 1. The van der Waals surface area contributed by atoms with Crippen molar-refractivity contribution in [2.75, 3.05) is 11.9 Å². The number of carbonyl (C=O) groups excluding carboxylic acids is 2. The molecule has 0 unspecified atom stereocenters. The van der Waals surface area contributed by atoms with Crippen molar-refractivity contribution in [2.45, 2.75) is 12.8 Å². The molecule has 5 heteroatoms. The van der Waals surface area contributed by atoms with Crippen molar-refractivity contribution < 1.29 is 14.0 Å². The molecule has 3 rings (SSSR count). The van der Waals surface area contributed by atoms with Crippen LogP contribution >= 0.6 is 15.9 Å². The number of benzene rings is 1. The maximum atomic E-state index is 12.3. The molecule has 0 N–H and O–H groups in total. The molecule has 0 atom stereocenters. The second-order valence-corrected chi connectivity index (χ2v) is 5.51. The fourth-order valence-corrected chi connectivity index (χ4v) is 2.68. The van der Waals surface area contributed by atoms with Crippen LogP contribution in [0.3, 0.4) is 0 Å². The van der Waals surface area contributed by atoms with Gasteiger partial charge in [0.2, 0.25) is 11.7 Å². The standard InChI is InChI=1S/C15H12BrNO3/c1-17-11-4-2-10(8-9(11)3-7-14(17)18)15(19)12-5-6-13(16)20-12/h2,4-6,8H,3,7H2,1H3. The summed E-state index contributed by atoms with van der Waals surface area (Å²) in [5, 5.41) is 0. The maximum absolute atomic E-state index is 12.3. The highest BCUT2D eigenvalue weighted by Gasteiger charge is 2.22. The molecular formula is C15H12BrNO3. The first-order valence-electron chi connectivity index (χ1n) is 6.26. The lowest BCUT2D eigenvalue weighted by Gasteiger charge is -2.25. The highest BCUT2D eigenvalue weighted by atomic mass is 79.9. The van der Waals surface area contributed by atoms with Crippen LogP contribution in [0.1, 0.15) is 28.1 Å². The lowest BCUT2D eigenvalue weighted by atomic mass is 9.97. The molecule has 1 aromatic heterocycles. The molecule has 0 saturated heterocycles. The van der Waals surface area contributed by atoms with Crippen LogP contribution in [0.5, 0.6) is 0 Å². The Morgan fingerprint density at radius 2 is 2.05 bits per heavy atom. The van der Waals surface area contributed by atoms with E-state index in [1.165, 1.54) is 0 Å². The van der Waals surface area contributed by atoms with Gasteiger partial charge >= 0.3 is 0 Å². The first-order chi connectivity index (χ1) is 9.56. The molecule has 2 heterocycles. The van der Waals surface area contributed by atoms with Crippen LogP contribution in [-0.2, 0) is 11.2 Å². The number of halogens is 1. The van der Waals surface area contributed by atoms with Gasteiger partial charge in [0.1, 0.15) is 0 Å². The van der Waals surface area contributed by atoms with Crippen LogP contribution in [0.2, 0.25) is 0 Å². The average Bonchev–Trinajstić information content (AvgIpc) is 2.88. The first-order valence-corrected chi connectivity index (χ1v) is 7.05. The average molecular weight is 334 g/mol. The maximum Gasteiger partial charge on any atom is 0.228 e. The lowest BCUT2D eigenvalue weighted by Crippen LogP contribution is -2.31. The number of nitrogens with zero attached hydrogens (tertiary/aromatic N) is 1. The van der Waals surface area contributed by atoms with Gasteiger partial charge in [-0.05, 0) is 58.2 Å². The molecule has 1 aromatic carbocycles. The Labute approximate surface area is 124 Å². The Hall–Kier alpha value is -1.88. The second-order valence-electron chi connectivity index (χ2n) is 4.73. The van der Waals surface area contributed by atoms with E-state index in [4.69, 9.17) is 4.42 Å². The molecule has 20 heavy (non-hydrogen) atoms. The first kappa shape index (κ1) is 13.1.